The van der Waals surface area contributed by atoms with Crippen LogP contribution in [0.3, 0.4) is 0 Å². The van der Waals surface area contributed by atoms with Gasteiger partial charge < -0.3 is 4.74 Å². The van der Waals surface area contributed by atoms with Gasteiger partial charge in [0, 0.05) is 19.1 Å². The van der Waals surface area contributed by atoms with Crippen molar-refractivity contribution in [1.82, 2.24) is 14.6 Å². The largest absolute Gasteiger partial charge is 0.381 e. The Morgan fingerprint density at radius 3 is 2.88 bits per heavy atom. The fourth-order valence-corrected chi connectivity index (χ4v) is 2.84. The molecule has 1 saturated heterocycles. The Hall–Kier alpha value is -0.940. The van der Waals surface area contributed by atoms with Crippen LogP contribution in [0.25, 0.3) is 5.65 Å². The Morgan fingerprint density at radius 1 is 1.35 bits per heavy atom. The van der Waals surface area contributed by atoms with Gasteiger partial charge in [0.05, 0.1) is 0 Å². The molecule has 1 aliphatic heterocycles. The zero-order chi connectivity index (χ0) is 11.8. The summed E-state index contributed by atoms with van der Waals surface area (Å²) in [6.07, 6.45) is 2.04. The van der Waals surface area contributed by atoms with E-state index in [1.54, 1.807) is 0 Å². The Bertz CT molecular complexity index is 546. The molecular formula is C12H14BrN3O. The Morgan fingerprint density at radius 2 is 2.12 bits per heavy atom. The molecular weight excluding hydrogens is 282 g/mol. The third-order valence-corrected chi connectivity index (χ3v) is 3.71. The minimum atomic E-state index is 0.441. The van der Waals surface area contributed by atoms with Gasteiger partial charge in [0.2, 0.25) is 0 Å². The molecule has 90 valence electrons. The number of aryl methyl sites for hydroxylation is 1. The summed E-state index contributed by atoms with van der Waals surface area (Å²) in [6.45, 7) is 3.70. The van der Waals surface area contributed by atoms with Crippen LogP contribution >= 0.6 is 15.9 Å². The van der Waals surface area contributed by atoms with Gasteiger partial charge in [-0.25, -0.2) is 9.50 Å². The van der Waals surface area contributed by atoms with Crippen LogP contribution in [0.4, 0.5) is 0 Å². The van der Waals surface area contributed by atoms with Gasteiger partial charge in [0.1, 0.15) is 4.60 Å². The maximum absolute atomic E-state index is 5.37. The summed E-state index contributed by atoms with van der Waals surface area (Å²) in [5.41, 5.74) is 2.11. The number of ether oxygens (including phenoxy) is 1. The number of pyridine rings is 1. The Labute approximate surface area is 108 Å². The van der Waals surface area contributed by atoms with E-state index < -0.39 is 0 Å². The van der Waals surface area contributed by atoms with Crippen LogP contribution in [0.15, 0.2) is 16.7 Å². The minimum absolute atomic E-state index is 0.441. The molecule has 0 spiro atoms. The minimum Gasteiger partial charge on any atom is -0.381 e. The van der Waals surface area contributed by atoms with Crippen molar-refractivity contribution in [2.45, 2.75) is 25.7 Å². The highest BCUT2D eigenvalue weighted by atomic mass is 79.9. The van der Waals surface area contributed by atoms with Crippen molar-refractivity contribution in [3.05, 3.63) is 28.1 Å². The van der Waals surface area contributed by atoms with Gasteiger partial charge in [0.15, 0.2) is 11.5 Å². The molecule has 17 heavy (non-hydrogen) atoms. The highest BCUT2D eigenvalue weighted by Gasteiger charge is 2.20. The SMILES string of the molecule is Cc1cc(Br)n2nc(C3CCOCC3)nc2c1. The maximum atomic E-state index is 5.37. The van der Waals surface area contributed by atoms with E-state index in [4.69, 9.17) is 4.74 Å². The van der Waals surface area contributed by atoms with Crippen molar-refractivity contribution in [1.29, 1.82) is 0 Å². The first-order valence-electron chi connectivity index (χ1n) is 5.84. The summed E-state index contributed by atoms with van der Waals surface area (Å²) in [7, 11) is 0. The van der Waals surface area contributed by atoms with Gasteiger partial charge in [-0.3, -0.25) is 0 Å². The zero-order valence-corrected chi connectivity index (χ0v) is 11.3. The first kappa shape index (κ1) is 11.2. The summed E-state index contributed by atoms with van der Waals surface area (Å²) in [5.74, 6) is 1.38. The molecule has 0 atom stereocenters. The average molecular weight is 296 g/mol. The summed E-state index contributed by atoms with van der Waals surface area (Å²) in [5, 5.41) is 4.58. The number of nitrogens with zero attached hydrogens (tertiary/aromatic N) is 3. The van der Waals surface area contributed by atoms with Crippen LogP contribution in [0.2, 0.25) is 0 Å². The van der Waals surface area contributed by atoms with Crippen LogP contribution in [-0.4, -0.2) is 27.8 Å². The molecule has 0 aliphatic carbocycles. The molecule has 1 fully saturated rings. The van der Waals surface area contributed by atoms with E-state index in [0.717, 1.165) is 42.1 Å². The first-order chi connectivity index (χ1) is 8.24. The zero-order valence-electron chi connectivity index (χ0n) is 9.69. The van der Waals surface area contributed by atoms with E-state index in [9.17, 15) is 0 Å². The number of hydrogen-bond donors (Lipinski definition) is 0. The van der Waals surface area contributed by atoms with Crippen molar-refractivity contribution in [2.75, 3.05) is 13.2 Å². The van der Waals surface area contributed by atoms with Crippen LogP contribution in [0.1, 0.15) is 30.1 Å². The van der Waals surface area contributed by atoms with E-state index in [0.29, 0.717) is 5.92 Å². The molecule has 5 heteroatoms. The average Bonchev–Trinajstić information content (AvgIpc) is 2.74. The fraction of sp³-hybridized carbons (Fsp3) is 0.500. The lowest BCUT2D eigenvalue weighted by atomic mass is 10.00. The van der Waals surface area contributed by atoms with Crippen molar-refractivity contribution < 1.29 is 4.74 Å². The summed E-state index contributed by atoms with van der Waals surface area (Å²) < 4.78 is 8.18. The lowest BCUT2D eigenvalue weighted by Crippen LogP contribution is -2.15. The smallest absolute Gasteiger partial charge is 0.157 e. The Kier molecular flexibility index (Phi) is 2.88. The summed E-state index contributed by atoms with van der Waals surface area (Å²) in [6, 6.07) is 4.11. The molecule has 0 aromatic carbocycles. The standard InChI is InChI=1S/C12H14BrN3O/c1-8-6-10(13)16-11(7-8)14-12(15-16)9-2-4-17-5-3-9/h6-7,9H,2-5H2,1H3. The number of hydrogen-bond acceptors (Lipinski definition) is 3. The van der Waals surface area contributed by atoms with Gasteiger partial charge in [-0.2, -0.15) is 0 Å². The second-order valence-corrected chi connectivity index (χ2v) is 5.29. The summed E-state index contributed by atoms with van der Waals surface area (Å²) >= 11 is 3.52. The Balaban J connectivity index is 2.03. The third kappa shape index (κ3) is 2.09. The van der Waals surface area contributed by atoms with Crippen molar-refractivity contribution in [2.24, 2.45) is 0 Å². The maximum Gasteiger partial charge on any atom is 0.157 e. The van der Waals surface area contributed by atoms with Gasteiger partial charge in [-0.15, -0.1) is 5.10 Å². The molecule has 0 bridgehead atoms. The first-order valence-corrected chi connectivity index (χ1v) is 6.64. The summed E-state index contributed by atoms with van der Waals surface area (Å²) in [4.78, 5) is 4.62. The highest BCUT2D eigenvalue weighted by molar-refractivity contribution is 9.10. The highest BCUT2D eigenvalue weighted by Crippen LogP contribution is 2.25. The van der Waals surface area contributed by atoms with Crippen LogP contribution in [-0.2, 0) is 4.74 Å². The molecule has 3 heterocycles. The van der Waals surface area contributed by atoms with Crippen LogP contribution in [0.5, 0.6) is 0 Å². The van der Waals surface area contributed by atoms with E-state index in [2.05, 4.69) is 45.1 Å². The molecule has 2 aromatic heterocycles. The van der Waals surface area contributed by atoms with Gasteiger partial charge in [0.25, 0.3) is 0 Å². The van der Waals surface area contributed by atoms with Crippen LogP contribution < -0.4 is 0 Å². The van der Waals surface area contributed by atoms with Crippen molar-refractivity contribution in [3.63, 3.8) is 0 Å². The molecule has 0 saturated carbocycles. The third-order valence-electron chi connectivity index (χ3n) is 3.14. The molecule has 2 aromatic rings. The number of fused-ring (bicyclic) bond motifs is 1. The number of rotatable bonds is 1. The topological polar surface area (TPSA) is 39.4 Å². The van der Waals surface area contributed by atoms with Gasteiger partial charge in [-0.1, -0.05) is 0 Å². The molecule has 0 amide bonds. The number of aromatic nitrogens is 3. The second-order valence-electron chi connectivity index (χ2n) is 4.48. The van der Waals surface area contributed by atoms with E-state index in [1.807, 2.05) is 4.52 Å². The molecule has 1 aliphatic rings. The predicted molar refractivity (Wildman–Crippen MR) is 68.2 cm³/mol. The van der Waals surface area contributed by atoms with Crippen molar-refractivity contribution in [3.8, 4) is 0 Å². The van der Waals surface area contributed by atoms with Gasteiger partial charge in [-0.05, 0) is 53.4 Å². The molecule has 0 unspecified atom stereocenters. The van der Waals surface area contributed by atoms with Crippen molar-refractivity contribution >= 4 is 21.6 Å². The lowest BCUT2D eigenvalue weighted by molar-refractivity contribution is 0.0836. The normalized spacial score (nSPS) is 17.8. The monoisotopic (exact) mass is 295 g/mol. The lowest BCUT2D eigenvalue weighted by Gasteiger charge is -2.18. The molecule has 3 rings (SSSR count). The second kappa shape index (κ2) is 4.38. The van der Waals surface area contributed by atoms with E-state index >= 15 is 0 Å². The molecule has 0 radical (unpaired) electrons. The number of halogens is 1. The van der Waals surface area contributed by atoms with E-state index in [1.165, 1.54) is 5.56 Å². The quantitative estimate of drug-likeness (QED) is 0.760. The molecule has 0 N–H and O–H groups in total. The predicted octanol–water partition coefficient (Wildman–Crippen LogP) is 2.69. The van der Waals surface area contributed by atoms with Crippen LogP contribution in [0, 0.1) is 6.92 Å². The van der Waals surface area contributed by atoms with E-state index in [-0.39, 0.29) is 0 Å². The fourth-order valence-electron chi connectivity index (χ4n) is 2.21. The molecule has 4 nitrogen and oxygen atoms in total. The van der Waals surface area contributed by atoms with Gasteiger partial charge >= 0.3 is 0 Å².